The van der Waals surface area contributed by atoms with Gasteiger partial charge in [0.2, 0.25) is 0 Å². The normalized spacial score (nSPS) is 10.4. The highest BCUT2D eigenvalue weighted by atomic mass is 16.6. The molecule has 2 aromatic rings. The minimum Gasteiger partial charge on any atom is -0.481 e. The van der Waals surface area contributed by atoms with Gasteiger partial charge in [0.15, 0.2) is 19.5 Å². The molecule has 0 saturated heterocycles. The molecule has 0 aliphatic carbocycles. The quantitative estimate of drug-likeness (QED) is 0.569. The summed E-state index contributed by atoms with van der Waals surface area (Å²) >= 11 is 0. The van der Waals surface area contributed by atoms with Gasteiger partial charge in [-0.25, -0.2) is 4.79 Å². The smallest absolute Gasteiger partial charge is 0.344 e. The molecule has 0 fully saturated rings. The summed E-state index contributed by atoms with van der Waals surface area (Å²) < 4.78 is 10.2. The highest BCUT2D eigenvalue weighted by Crippen LogP contribution is 2.27. The number of aryl methyl sites for hydroxylation is 1. The third-order valence-electron chi connectivity index (χ3n) is 3.95. The predicted molar refractivity (Wildman–Crippen MR) is 102 cm³/mol. The zero-order valence-corrected chi connectivity index (χ0v) is 15.7. The van der Waals surface area contributed by atoms with Crippen molar-refractivity contribution < 1.29 is 23.9 Å². The van der Waals surface area contributed by atoms with Crippen molar-refractivity contribution in [3.8, 4) is 5.75 Å². The molecule has 0 aromatic heterocycles. The maximum atomic E-state index is 12.1. The molecule has 0 saturated carbocycles. The van der Waals surface area contributed by atoms with E-state index in [1.165, 1.54) is 0 Å². The second-order valence-electron chi connectivity index (χ2n) is 6.35. The molecule has 0 unspecified atom stereocenters. The number of carbonyl (C=O) groups is 3. The number of ether oxygens (including phenoxy) is 2. The van der Waals surface area contributed by atoms with Crippen LogP contribution in [0.4, 0.5) is 5.69 Å². The number of nitrogens with one attached hydrogen (secondary N) is 1. The molecule has 1 N–H and O–H groups in total. The van der Waals surface area contributed by atoms with Gasteiger partial charge in [-0.3, -0.25) is 9.59 Å². The maximum Gasteiger partial charge on any atom is 0.344 e. The Hall–Kier alpha value is -3.15. The third-order valence-corrected chi connectivity index (χ3v) is 3.95. The second kappa shape index (κ2) is 9.52. The molecule has 0 spiro atoms. The largest absolute Gasteiger partial charge is 0.481 e. The lowest BCUT2D eigenvalue weighted by molar-refractivity contribution is -0.149. The SMILES string of the molecule is Cc1cccc(C(C)C)c1NC(=O)COC(=O)COc1ccccc1C=O. The first-order valence-corrected chi connectivity index (χ1v) is 8.64. The van der Waals surface area contributed by atoms with Gasteiger partial charge in [0.05, 0.1) is 5.56 Å². The standard InChI is InChI=1S/C21H23NO5/c1-14(2)17-9-6-7-15(3)21(17)22-19(24)12-27-20(25)13-26-18-10-5-4-8-16(18)11-23/h4-11,14H,12-13H2,1-3H3,(H,22,24). The van der Waals surface area contributed by atoms with E-state index in [2.05, 4.69) is 5.32 Å². The molecular weight excluding hydrogens is 346 g/mol. The average Bonchev–Trinajstić information content (AvgIpc) is 2.66. The second-order valence-corrected chi connectivity index (χ2v) is 6.35. The van der Waals surface area contributed by atoms with Crippen molar-refractivity contribution in [3.63, 3.8) is 0 Å². The van der Waals surface area contributed by atoms with Crippen molar-refractivity contribution in [1.82, 2.24) is 0 Å². The molecule has 6 heteroatoms. The number of aldehydes is 1. The van der Waals surface area contributed by atoms with Crippen LogP contribution in [0, 0.1) is 6.92 Å². The van der Waals surface area contributed by atoms with Crippen LogP contribution in [0.2, 0.25) is 0 Å². The molecule has 0 aliphatic rings. The summed E-state index contributed by atoms with van der Waals surface area (Å²) in [5.74, 6) is -0.586. The van der Waals surface area contributed by atoms with Gasteiger partial charge in [0.1, 0.15) is 5.75 Å². The van der Waals surface area contributed by atoms with Gasteiger partial charge in [0.25, 0.3) is 5.91 Å². The lowest BCUT2D eigenvalue weighted by Gasteiger charge is -2.16. The summed E-state index contributed by atoms with van der Waals surface area (Å²) in [4.78, 5) is 34.9. The number of carbonyl (C=O) groups excluding carboxylic acids is 3. The van der Waals surface area contributed by atoms with Gasteiger partial charge in [-0.15, -0.1) is 0 Å². The summed E-state index contributed by atoms with van der Waals surface area (Å²) in [7, 11) is 0. The van der Waals surface area contributed by atoms with Crippen molar-refractivity contribution in [2.45, 2.75) is 26.7 Å². The Morgan fingerprint density at radius 3 is 2.52 bits per heavy atom. The minimum absolute atomic E-state index is 0.244. The van der Waals surface area contributed by atoms with Gasteiger partial charge in [-0.1, -0.05) is 44.2 Å². The van der Waals surface area contributed by atoms with Crippen molar-refractivity contribution in [2.75, 3.05) is 18.5 Å². The van der Waals surface area contributed by atoms with Gasteiger partial charge >= 0.3 is 5.97 Å². The number of hydrogen-bond donors (Lipinski definition) is 1. The molecule has 2 rings (SSSR count). The number of rotatable bonds is 8. The van der Waals surface area contributed by atoms with E-state index in [-0.39, 0.29) is 18.3 Å². The van der Waals surface area contributed by atoms with E-state index in [9.17, 15) is 14.4 Å². The van der Waals surface area contributed by atoms with Gasteiger partial charge in [0, 0.05) is 5.69 Å². The Morgan fingerprint density at radius 1 is 1.07 bits per heavy atom. The van der Waals surface area contributed by atoms with Crippen molar-refractivity contribution >= 4 is 23.9 Å². The van der Waals surface area contributed by atoms with E-state index in [4.69, 9.17) is 9.47 Å². The Balaban J connectivity index is 1.87. The topological polar surface area (TPSA) is 81.7 Å². The highest BCUT2D eigenvalue weighted by molar-refractivity contribution is 5.94. The van der Waals surface area contributed by atoms with Crippen molar-refractivity contribution in [2.24, 2.45) is 0 Å². The summed E-state index contributed by atoms with van der Waals surface area (Å²) in [6.45, 7) is 5.19. The fraction of sp³-hybridized carbons (Fsp3) is 0.286. The van der Waals surface area contributed by atoms with Crippen LogP contribution < -0.4 is 10.1 Å². The van der Waals surface area contributed by atoms with E-state index < -0.39 is 18.5 Å². The lowest BCUT2D eigenvalue weighted by atomic mass is 9.98. The van der Waals surface area contributed by atoms with Crippen LogP contribution in [0.25, 0.3) is 0 Å². The number of amides is 1. The molecule has 2 aromatic carbocycles. The molecule has 142 valence electrons. The maximum absolute atomic E-state index is 12.1. The zero-order chi connectivity index (χ0) is 19.8. The Morgan fingerprint density at radius 2 is 1.81 bits per heavy atom. The Kier molecular flexibility index (Phi) is 7.11. The summed E-state index contributed by atoms with van der Waals surface area (Å²) in [5.41, 5.74) is 3.03. The summed E-state index contributed by atoms with van der Waals surface area (Å²) in [6, 6.07) is 12.3. The molecular formula is C21H23NO5. The van der Waals surface area contributed by atoms with Crippen LogP contribution in [0.15, 0.2) is 42.5 Å². The van der Waals surface area contributed by atoms with Crippen LogP contribution in [0.5, 0.6) is 5.75 Å². The minimum atomic E-state index is -0.695. The van der Waals surface area contributed by atoms with Gasteiger partial charge in [-0.2, -0.15) is 0 Å². The van der Waals surface area contributed by atoms with Gasteiger partial charge in [-0.05, 0) is 36.1 Å². The van der Waals surface area contributed by atoms with Crippen LogP contribution in [0.3, 0.4) is 0 Å². The Bertz CT molecular complexity index is 829. The Labute approximate surface area is 158 Å². The first kappa shape index (κ1) is 20.2. The zero-order valence-electron chi connectivity index (χ0n) is 15.7. The van der Waals surface area contributed by atoms with E-state index in [1.807, 2.05) is 39.0 Å². The molecule has 0 radical (unpaired) electrons. The molecule has 27 heavy (non-hydrogen) atoms. The number of esters is 1. The fourth-order valence-corrected chi connectivity index (χ4v) is 2.55. The van der Waals surface area contributed by atoms with Crippen molar-refractivity contribution in [3.05, 3.63) is 59.2 Å². The molecule has 6 nitrogen and oxygen atoms in total. The number of anilines is 1. The van der Waals surface area contributed by atoms with E-state index in [0.717, 1.165) is 16.8 Å². The highest BCUT2D eigenvalue weighted by Gasteiger charge is 2.14. The van der Waals surface area contributed by atoms with Crippen LogP contribution in [0.1, 0.15) is 41.3 Å². The summed E-state index contributed by atoms with van der Waals surface area (Å²) in [6.07, 6.45) is 0.641. The molecule has 1 amide bonds. The van der Waals surface area contributed by atoms with Gasteiger partial charge < -0.3 is 14.8 Å². The molecule has 0 aliphatic heterocycles. The van der Waals surface area contributed by atoms with E-state index in [0.29, 0.717) is 11.8 Å². The number of benzene rings is 2. The first-order valence-electron chi connectivity index (χ1n) is 8.64. The van der Waals surface area contributed by atoms with Crippen LogP contribution >= 0.6 is 0 Å². The number of para-hydroxylation sites is 2. The van der Waals surface area contributed by atoms with E-state index >= 15 is 0 Å². The fourth-order valence-electron chi connectivity index (χ4n) is 2.55. The molecule has 0 atom stereocenters. The lowest BCUT2D eigenvalue weighted by Crippen LogP contribution is -2.24. The summed E-state index contributed by atoms with van der Waals surface area (Å²) in [5, 5.41) is 2.80. The third kappa shape index (κ3) is 5.67. The average molecular weight is 369 g/mol. The molecule has 0 heterocycles. The first-order chi connectivity index (χ1) is 12.9. The van der Waals surface area contributed by atoms with Crippen LogP contribution in [-0.2, 0) is 14.3 Å². The predicted octanol–water partition coefficient (Wildman–Crippen LogP) is 3.49. The monoisotopic (exact) mass is 369 g/mol. The van der Waals surface area contributed by atoms with Crippen LogP contribution in [-0.4, -0.2) is 31.4 Å². The number of hydrogen-bond acceptors (Lipinski definition) is 5. The van der Waals surface area contributed by atoms with E-state index in [1.54, 1.807) is 24.3 Å². The molecule has 0 bridgehead atoms. The van der Waals surface area contributed by atoms with Crippen molar-refractivity contribution in [1.29, 1.82) is 0 Å².